The van der Waals surface area contributed by atoms with E-state index in [1.54, 1.807) is 6.07 Å². The molecule has 2 rings (SSSR count). The highest BCUT2D eigenvalue weighted by atomic mass is 19.4. The molecule has 0 aliphatic carbocycles. The van der Waals surface area contributed by atoms with E-state index < -0.39 is 17.3 Å². The van der Waals surface area contributed by atoms with E-state index in [-0.39, 0.29) is 12.2 Å². The fourth-order valence-corrected chi connectivity index (χ4v) is 2.12. The fourth-order valence-electron chi connectivity index (χ4n) is 2.12. The molecule has 0 saturated carbocycles. The molecule has 18 heavy (non-hydrogen) atoms. The van der Waals surface area contributed by atoms with Crippen molar-refractivity contribution in [1.29, 1.82) is 5.26 Å². The summed E-state index contributed by atoms with van der Waals surface area (Å²) in [5, 5.41) is 8.90. The van der Waals surface area contributed by atoms with E-state index in [4.69, 9.17) is 11.0 Å². The van der Waals surface area contributed by atoms with Crippen LogP contribution >= 0.6 is 0 Å². The Hall–Kier alpha value is -1.74. The van der Waals surface area contributed by atoms with Crippen molar-refractivity contribution in [2.24, 2.45) is 5.73 Å². The van der Waals surface area contributed by atoms with E-state index in [1.807, 2.05) is 6.07 Å². The summed E-state index contributed by atoms with van der Waals surface area (Å²) in [6.45, 7) is 0.480. The van der Waals surface area contributed by atoms with Crippen LogP contribution in [0.5, 0.6) is 0 Å². The Bertz CT molecular complexity index is 492. The maximum atomic E-state index is 12.9. The number of nitrogens with zero attached hydrogens (tertiary/aromatic N) is 2. The highest BCUT2D eigenvalue weighted by molar-refractivity contribution is 5.56. The molecule has 0 amide bonds. The molecular weight excluding hydrogens is 243 g/mol. The number of nitriles is 1. The van der Waals surface area contributed by atoms with Crippen LogP contribution < -0.4 is 10.6 Å². The molecule has 1 aromatic rings. The predicted molar refractivity (Wildman–Crippen MR) is 60.8 cm³/mol. The number of halogens is 3. The van der Waals surface area contributed by atoms with E-state index in [0.29, 0.717) is 13.0 Å². The number of hydrogen-bond donors (Lipinski definition) is 1. The lowest BCUT2D eigenvalue weighted by Gasteiger charge is -2.23. The summed E-state index contributed by atoms with van der Waals surface area (Å²) in [7, 11) is 0. The van der Waals surface area contributed by atoms with Gasteiger partial charge < -0.3 is 10.6 Å². The number of para-hydroxylation sites is 1. The normalized spacial score (nSPS) is 24.1. The third-order valence-electron chi connectivity index (χ3n) is 3.07. The second-order valence-electron chi connectivity index (χ2n) is 4.45. The SMILES string of the molecule is N#CC1(N)CCN(c2ccccc2C(F)(F)F)C1. The maximum Gasteiger partial charge on any atom is 0.418 e. The highest BCUT2D eigenvalue weighted by Gasteiger charge is 2.39. The van der Waals surface area contributed by atoms with Gasteiger partial charge in [-0.1, -0.05) is 12.1 Å². The Morgan fingerprint density at radius 2 is 2.00 bits per heavy atom. The molecule has 1 saturated heterocycles. The average molecular weight is 255 g/mol. The van der Waals surface area contributed by atoms with Gasteiger partial charge in [0.15, 0.2) is 0 Å². The van der Waals surface area contributed by atoms with Crippen molar-refractivity contribution in [2.45, 2.75) is 18.1 Å². The van der Waals surface area contributed by atoms with Gasteiger partial charge in [0.2, 0.25) is 0 Å². The minimum absolute atomic E-state index is 0.0903. The summed E-state index contributed by atoms with van der Waals surface area (Å²) in [6.07, 6.45) is -4.03. The van der Waals surface area contributed by atoms with Crippen LogP contribution in [0.1, 0.15) is 12.0 Å². The molecule has 1 heterocycles. The van der Waals surface area contributed by atoms with Crippen molar-refractivity contribution in [3.63, 3.8) is 0 Å². The van der Waals surface area contributed by atoms with Gasteiger partial charge in [0.25, 0.3) is 0 Å². The van der Waals surface area contributed by atoms with Crippen LogP contribution in [0.4, 0.5) is 18.9 Å². The molecule has 1 fully saturated rings. The quantitative estimate of drug-likeness (QED) is 0.836. The fraction of sp³-hybridized carbons (Fsp3) is 0.417. The van der Waals surface area contributed by atoms with Crippen molar-refractivity contribution in [2.75, 3.05) is 18.0 Å². The number of anilines is 1. The molecule has 1 aliphatic rings. The van der Waals surface area contributed by atoms with Crippen molar-refractivity contribution in [1.82, 2.24) is 0 Å². The molecular formula is C12H12F3N3. The van der Waals surface area contributed by atoms with Crippen LogP contribution in [0.25, 0.3) is 0 Å². The monoisotopic (exact) mass is 255 g/mol. The molecule has 6 heteroatoms. The molecule has 0 aromatic heterocycles. The summed E-state index contributed by atoms with van der Waals surface area (Å²) in [4.78, 5) is 1.52. The Kier molecular flexibility index (Phi) is 2.95. The molecule has 0 radical (unpaired) electrons. The van der Waals surface area contributed by atoms with Crippen molar-refractivity contribution in [3.8, 4) is 6.07 Å². The number of alkyl halides is 3. The molecule has 0 bridgehead atoms. The van der Waals surface area contributed by atoms with Gasteiger partial charge in [0.1, 0.15) is 5.54 Å². The van der Waals surface area contributed by atoms with Gasteiger partial charge in [-0.15, -0.1) is 0 Å². The van der Waals surface area contributed by atoms with Crippen LogP contribution in [0, 0.1) is 11.3 Å². The summed E-state index contributed by atoms with van der Waals surface area (Å²) in [6, 6.07) is 7.30. The van der Waals surface area contributed by atoms with Crippen molar-refractivity contribution in [3.05, 3.63) is 29.8 Å². The average Bonchev–Trinajstić information content (AvgIpc) is 2.72. The second kappa shape index (κ2) is 4.18. The Morgan fingerprint density at radius 3 is 2.56 bits per heavy atom. The second-order valence-corrected chi connectivity index (χ2v) is 4.45. The first-order valence-corrected chi connectivity index (χ1v) is 5.47. The van der Waals surface area contributed by atoms with Crippen LogP contribution in [0.2, 0.25) is 0 Å². The molecule has 3 nitrogen and oxygen atoms in total. The van der Waals surface area contributed by atoms with Crippen LogP contribution in [-0.4, -0.2) is 18.6 Å². The molecule has 1 aromatic carbocycles. The lowest BCUT2D eigenvalue weighted by Crippen LogP contribution is -2.41. The largest absolute Gasteiger partial charge is 0.418 e. The Morgan fingerprint density at radius 1 is 1.33 bits per heavy atom. The molecule has 96 valence electrons. The number of rotatable bonds is 1. The standard InChI is InChI=1S/C12H12F3N3/c13-12(14,15)9-3-1-2-4-10(9)18-6-5-11(17,7-16)8-18/h1-4H,5-6,8,17H2. The van der Waals surface area contributed by atoms with E-state index in [2.05, 4.69) is 0 Å². The number of hydrogen-bond acceptors (Lipinski definition) is 3. The van der Waals surface area contributed by atoms with Gasteiger partial charge >= 0.3 is 6.18 Å². The van der Waals surface area contributed by atoms with Gasteiger partial charge in [0, 0.05) is 18.8 Å². The maximum absolute atomic E-state index is 12.9. The first-order chi connectivity index (χ1) is 8.36. The van der Waals surface area contributed by atoms with Gasteiger partial charge in [-0.3, -0.25) is 0 Å². The van der Waals surface area contributed by atoms with Crippen LogP contribution in [0.15, 0.2) is 24.3 Å². The lowest BCUT2D eigenvalue weighted by atomic mass is 10.0. The van der Waals surface area contributed by atoms with Crippen LogP contribution in [-0.2, 0) is 6.18 Å². The van der Waals surface area contributed by atoms with E-state index in [9.17, 15) is 13.2 Å². The van der Waals surface area contributed by atoms with Gasteiger partial charge in [-0.05, 0) is 18.6 Å². The van der Waals surface area contributed by atoms with Gasteiger partial charge in [0.05, 0.1) is 11.6 Å². The predicted octanol–water partition coefficient (Wildman–Crippen LogP) is 2.14. The summed E-state index contributed by atoms with van der Waals surface area (Å²) < 4.78 is 38.6. The summed E-state index contributed by atoms with van der Waals surface area (Å²) >= 11 is 0. The zero-order valence-corrected chi connectivity index (χ0v) is 9.54. The summed E-state index contributed by atoms with van der Waals surface area (Å²) in [5.41, 5.74) is 4.11. The minimum Gasteiger partial charge on any atom is -0.368 e. The third-order valence-corrected chi connectivity index (χ3v) is 3.07. The first-order valence-electron chi connectivity index (χ1n) is 5.47. The lowest BCUT2D eigenvalue weighted by molar-refractivity contribution is -0.137. The number of nitrogens with two attached hydrogens (primary N) is 1. The molecule has 1 unspecified atom stereocenters. The van der Waals surface area contributed by atoms with Gasteiger partial charge in [-0.25, -0.2) is 0 Å². The zero-order chi connectivity index (χ0) is 13.4. The number of benzene rings is 1. The van der Waals surface area contributed by atoms with E-state index in [0.717, 1.165) is 6.07 Å². The van der Waals surface area contributed by atoms with E-state index >= 15 is 0 Å². The van der Waals surface area contributed by atoms with E-state index in [1.165, 1.54) is 17.0 Å². The molecule has 1 aliphatic heterocycles. The Balaban J connectivity index is 2.34. The van der Waals surface area contributed by atoms with Crippen LogP contribution in [0.3, 0.4) is 0 Å². The first kappa shape index (κ1) is 12.7. The van der Waals surface area contributed by atoms with Gasteiger partial charge in [-0.2, -0.15) is 18.4 Å². The van der Waals surface area contributed by atoms with Crippen molar-refractivity contribution < 1.29 is 13.2 Å². The molecule has 1 atom stereocenters. The molecule has 2 N–H and O–H groups in total. The highest BCUT2D eigenvalue weighted by Crippen LogP contribution is 2.38. The van der Waals surface area contributed by atoms with Crippen molar-refractivity contribution >= 4 is 5.69 Å². The smallest absolute Gasteiger partial charge is 0.368 e. The zero-order valence-electron chi connectivity index (χ0n) is 9.54. The molecule has 0 spiro atoms. The minimum atomic E-state index is -4.40. The summed E-state index contributed by atoms with van der Waals surface area (Å²) in [5.74, 6) is 0. The third kappa shape index (κ3) is 2.27. The Labute approximate surface area is 103 Å². The topological polar surface area (TPSA) is 53.1 Å².